The van der Waals surface area contributed by atoms with E-state index in [2.05, 4.69) is 4.98 Å². The molecular formula is C8H12Cl4N2. The Morgan fingerprint density at radius 3 is 2.14 bits per heavy atom. The Kier molecular flexibility index (Phi) is 11.1. The van der Waals surface area contributed by atoms with Crippen molar-refractivity contribution in [1.82, 2.24) is 4.98 Å². The van der Waals surface area contributed by atoms with Crippen molar-refractivity contribution in [2.45, 2.75) is 0 Å². The number of aromatic amines is 1. The highest BCUT2D eigenvalue weighted by molar-refractivity contribution is 5.90. The maximum absolute atomic E-state index is 5.68. The highest BCUT2D eigenvalue weighted by Crippen LogP contribution is 2.18. The first kappa shape index (κ1) is 19.3. The van der Waals surface area contributed by atoms with Gasteiger partial charge < -0.3 is 10.7 Å². The lowest BCUT2D eigenvalue weighted by Crippen LogP contribution is -1.82. The van der Waals surface area contributed by atoms with E-state index < -0.39 is 0 Å². The van der Waals surface area contributed by atoms with Crippen LogP contribution < -0.4 is 5.73 Å². The van der Waals surface area contributed by atoms with E-state index in [9.17, 15) is 0 Å². The predicted molar refractivity (Wildman–Crippen MR) is 71.7 cm³/mol. The highest BCUT2D eigenvalue weighted by atomic mass is 35.5. The van der Waals surface area contributed by atoms with Crippen LogP contribution in [0.4, 0.5) is 5.69 Å². The Morgan fingerprint density at radius 1 is 0.929 bits per heavy atom. The summed E-state index contributed by atoms with van der Waals surface area (Å²) >= 11 is 0. The van der Waals surface area contributed by atoms with Crippen molar-refractivity contribution in [1.29, 1.82) is 0 Å². The molecule has 0 fully saturated rings. The number of nitrogen functional groups attached to an aromatic ring is 1. The second kappa shape index (κ2) is 8.06. The van der Waals surface area contributed by atoms with Crippen molar-refractivity contribution in [3.05, 3.63) is 30.5 Å². The zero-order chi connectivity index (χ0) is 6.97. The Balaban J connectivity index is -0.000000302. The fourth-order valence-corrected chi connectivity index (χ4v) is 1.11. The average Bonchev–Trinajstić information content (AvgIpc) is 2.36. The lowest BCUT2D eigenvalue weighted by atomic mass is 10.2. The molecule has 3 N–H and O–H groups in total. The first-order valence-corrected chi connectivity index (χ1v) is 3.19. The number of hydrogen-bond donors (Lipinski definition) is 2. The fourth-order valence-electron chi connectivity index (χ4n) is 1.11. The summed E-state index contributed by atoms with van der Waals surface area (Å²) in [6, 6.07) is 7.82. The van der Waals surface area contributed by atoms with Crippen molar-refractivity contribution in [2.24, 2.45) is 0 Å². The van der Waals surface area contributed by atoms with E-state index in [1.807, 2.05) is 30.5 Å². The molecule has 82 valence electrons. The number of benzene rings is 1. The number of hydrogen-bond acceptors (Lipinski definition) is 1. The van der Waals surface area contributed by atoms with Crippen LogP contribution in [0.2, 0.25) is 0 Å². The molecular weight excluding hydrogens is 266 g/mol. The Bertz CT molecular complexity index is 361. The largest absolute Gasteiger partial charge is 0.398 e. The van der Waals surface area contributed by atoms with Gasteiger partial charge in [-0.3, -0.25) is 0 Å². The zero-order valence-corrected chi connectivity index (χ0v) is 10.4. The normalized spacial score (nSPS) is 7.43. The van der Waals surface area contributed by atoms with E-state index in [1.54, 1.807) is 0 Å². The van der Waals surface area contributed by atoms with Crippen molar-refractivity contribution in [3.63, 3.8) is 0 Å². The summed E-state index contributed by atoms with van der Waals surface area (Å²) in [5, 5.41) is 1.10. The van der Waals surface area contributed by atoms with E-state index in [0.29, 0.717) is 0 Å². The van der Waals surface area contributed by atoms with Gasteiger partial charge in [0.2, 0.25) is 0 Å². The van der Waals surface area contributed by atoms with Crippen LogP contribution in [0.15, 0.2) is 30.5 Å². The summed E-state index contributed by atoms with van der Waals surface area (Å²) in [6.07, 6.45) is 1.89. The third-order valence-electron chi connectivity index (χ3n) is 1.63. The minimum atomic E-state index is 0. The van der Waals surface area contributed by atoms with Gasteiger partial charge in [-0.2, -0.15) is 0 Å². The summed E-state index contributed by atoms with van der Waals surface area (Å²) in [5.74, 6) is 0. The minimum Gasteiger partial charge on any atom is -0.398 e. The van der Waals surface area contributed by atoms with Crippen LogP contribution in [0.5, 0.6) is 0 Å². The average molecular weight is 278 g/mol. The molecule has 0 bridgehead atoms. The van der Waals surface area contributed by atoms with Gasteiger partial charge >= 0.3 is 0 Å². The van der Waals surface area contributed by atoms with Crippen LogP contribution in [0, 0.1) is 0 Å². The van der Waals surface area contributed by atoms with Crippen LogP contribution in [0.25, 0.3) is 10.9 Å². The molecule has 14 heavy (non-hydrogen) atoms. The van der Waals surface area contributed by atoms with E-state index in [4.69, 9.17) is 5.73 Å². The lowest BCUT2D eigenvalue weighted by molar-refractivity contribution is 1.48. The first-order chi connectivity index (χ1) is 4.88. The van der Waals surface area contributed by atoms with Crippen LogP contribution >= 0.6 is 49.6 Å². The van der Waals surface area contributed by atoms with Gasteiger partial charge in [-0.05, 0) is 18.2 Å². The van der Waals surface area contributed by atoms with Crippen LogP contribution in [-0.2, 0) is 0 Å². The smallest absolute Gasteiger partial charge is 0.0474 e. The quantitative estimate of drug-likeness (QED) is 0.712. The molecule has 1 aromatic heterocycles. The molecule has 0 aliphatic rings. The third kappa shape index (κ3) is 3.46. The van der Waals surface area contributed by atoms with Crippen molar-refractivity contribution < 1.29 is 0 Å². The molecule has 0 atom stereocenters. The Hall–Kier alpha value is -0.280. The van der Waals surface area contributed by atoms with Gasteiger partial charge in [-0.15, -0.1) is 49.6 Å². The van der Waals surface area contributed by atoms with Gasteiger partial charge in [0, 0.05) is 22.8 Å². The number of aromatic nitrogens is 1. The SMILES string of the molecule is Cl.Cl.Cl.Cl.Nc1cccc2[nH]ccc12. The van der Waals surface area contributed by atoms with Crippen LogP contribution in [0.3, 0.4) is 0 Å². The molecule has 0 aliphatic heterocycles. The number of nitrogens with one attached hydrogen (secondary N) is 1. The number of H-pyrrole nitrogens is 1. The van der Waals surface area contributed by atoms with Crippen molar-refractivity contribution in [3.8, 4) is 0 Å². The van der Waals surface area contributed by atoms with Gasteiger partial charge in [0.25, 0.3) is 0 Å². The Labute approximate surface area is 107 Å². The van der Waals surface area contributed by atoms with Gasteiger partial charge in [0.05, 0.1) is 0 Å². The molecule has 0 spiro atoms. The molecule has 2 rings (SSSR count). The summed E-state index contributed by atoms with van der Waals surface area (Å²) in [7, 11) is 0. The standard InChI is InChI=1S/C8H8N2.4ClH/c9-7-2-1-3-8-6(7)4-5-10-8;;;;/h1-5,10H,9H2;4*1H. The van der Waals surface area contributed by atoms with Gasteiger partial charge in [-0.25, -0.2) is 0 Å². The van der Waals surface area contributed by atoms with Crippen LogP contribution in [0.1, 0.15) is 0 Å². The molecule has 0 aliphatic carbocycles. The Morgan fingerprint density at radius 2 is 1.57 bits per heavy atom. The molecule has 6 heteroatoms. The maximum Gasteiger partial charge on any atom is 0.0474 e. The number of fused-ring (bicyclic) bond motifs is 1. The first-order valence-electron chi connectivity index (χ1n) is 3.19. The lowest BCUT2D eigenvalue weighted by Gasteiger charge is -1.92. The predicted octanol–water partition coefficient (Wildman–Crippen LogP) is 3.44. The number of rotatable bonds is 0. The molecule has 1 aromatic carbocycles. The highest BCUT2D eigenvalue weighted by Gasteiger charge is 1.94. The summed E-state index contributed by atoms with van der Waals surface area (Å²) < 4.78 is 0. The van der Waals surface area contributed by atoms with E-state index >= 15 is 0 Å². The molecule has 1 heterocycles. The maximum atomic E-state index is 5.68. The summed E-state index contributed by atoms with van der Waals surface area (Å²) in [5.41, 5.74) is 7.61. The molecule has 2 aromatic rings. The zero-order valence-electron chi connectivity index (χ0n) is 7.10. The second-order valence-electron chi connectivity index (χ2n) is 2.29. The molecule has 0 amide bonds. The molecule has 0 unspecified atom stereocenters. The number of nitrogens with two attached hydrogens (primary N) is 1. The molecule has 0 radical (unpaired) electrons. The number of anilines is 1. The van der Waals surface area contributed by atoms with E-state index in [-0.39, 0.29) is 49.6 Å². The second-order valence-corrected chi connectivity index (χ2v) is 2.29. The monoisotopic (exact) mass is 276 g/mol. The van der Waals surface area contributed by atoms with Crippen LogP contribution in [-0.4, -0.2) is 4.98 Å². The summed E-state index contributed by atoms with van der Waals surface area (Å²) in [4.78, 5) is 3.08. The molecule has 0 saturated heterocycles. The molecule has 0 saturated carbocycles. The number of halogens is 4. The van der Waals surface area contributed by atoms with E-state index in [1.165, 1.54) is 0 Å². The van der Waals surface area contributed by atoms with Gasteiger partial charge in [0.1, 0.15) is 0 Å². The third-order valence-corrected chi connectivity index (χ3v) is 1.63. The topological polar surface area (TPSA) is 41.8 Å². The molecule has 2 nitrogen and oxygen atoms in total. The van der Waals surface area contributed by atoms with Crippen molar-refractivity contribution >= 4 is 66.2 Å². The van der Waals surface area contributed by atoms with Crippen molar-refractivity contribution in [2.75, 3.05) is 5.73 Å². The van der Waals surface area contributed by atoms with E-state index in [0.717, 1.165) is 16.6 Å². The minimum absolute atomic E-state index is 0. The fraction of sp³-hybridized carbons (Fsp3) is 0. The van der Waals surface area contributed by atoms with Gasteiger partial charge in [0.15, 0.2) is 0 Å². The summed E-state index contributed by atoms with van der Waals surface area (Å²) in [6.45, 7) is 0. The van der Waals surface area contributed by atoms with Gasteiger partial charge in [-0.1, -0.05) is 6.07 Å².